The van der Waals surface area contributed by atoms with Crippen LogP contribution >= 0.6 is 10.9 Å². The van der Waals surface area contributed by atoms with Crippen molar-refractivity contribution in [3.05, 3.63) is 150 Å². The number of hydrogen-bond acceptors (Lipinski definition) is 6. The van der Waals surface area contributed by atoms with Gasteiger partial charge in [-0.15, -0.1) is 0 Å². The lowest BCUT2D eigenvalue weighted by Crippen LogP contribution is -1.96. The third-order valence-electron chi connectivity index (χ3n) is 7.83. The predicted molar refractivity (Wildman–Crippen MR) is 179 cm³/mol. The number of aromatic hydroxyl groups is 3. The molecule has 0 bridgehead atoms. The highest BCUT2D eigenvalue weighted by molar-refractivity contribution is 8.17. The van der Waals surface area contributed by atoms with Crippen molar-refractivity contribution in [3.63, 3.8) is 0 Å². The molecule has 7 heteroatoms. The van der Waals surface area contributed by atoms with Crippen molar-refractivity contribution in [2.75, 3.05) is 0 Å². The lowest BCUT2D eigenvalue weighted by Gasteiger charge is -2.20. The summed E-state index contributed by atoms with van der Waals surface area (Å²) in [6.07, 6.45) is 0. The summed E-state index contributed by atoms with van der Waals surface area (Å²) < 4.78 is 18.4. The monoisotopic (exact) mass is 628 g/mol. The quantitative estimate of drug-likeness (QED) is 0.113. The van der Waals surface area contributed by atoms with Gasteiger partial charge in [0.2, 0.25) is 0 Å². The Morgan fingerprint density at radius 3 is 1.13 bits per heavy atom. The fraction of sp³-hybridized carbons (Fsp3) is 0.0769. The maximum absolute atomic E-state index is 9.62. The molecule has 0 atom stereocenters. The van der Waals surface area contributed by atoms with E-state index in [-0.39, 0.29) is 17.2 Å². The van der Waals surface area contributed by atoms with Gasteiger partial charge in [-0.3, -0.25) is 0 Å². The second-order valence-corrected chi connectivity index (χ2v) is 13.2. The first-order valence-corrected chi connectivity index (χ1v) is 16.2. The van der Waals surface area contributed by atoms with E-state index in [0.29, 0.717) is 19.8 Å². The number of phenols is 3. The number of rotatable bonds is 10. The predicted octanol–water partition coefficient (Wildman–Crippen LogP) is 9.00. The molecular weight excluding hydrogens is 596 g/mol. The Morgan fingerprint density at radius 1 is 0.391 bits per heavy atom. The van der Waals surface area contributed by atoms with E-state index < -0.39 is 10.9 Å². The Balaban J connectivity index is 1.16. The van der Waals surface area contributed by atoms with Gasteiger partial charge in [0.15, 0.2) is 0 Å². The van der Waals surface area contributed by atoms with Crippen LogP contribution in [0.25, 0.3) is 11.1 Å². The molecule has 0 saturated heterocycles. The van der Waals surface area contributed by atoms with Gasteiger partial charge in [-0.05, 0) is 130 Å². The van der Waals surface area contributed by atoms with Crippen LogP contribution in [0.2, 0.25) is 0 Å². The average Bonchev–Trinajstić information content (AvgIpc) is 3.41. The van der Waals surface area contributed by atoms with Crippen LogP contribution in [0.3, 0.4) is 0 Å². The molecule has 6 aromatic rings. The van der Waals surface area contributed by atoms with Crippen molar-refractivity contribution in [1.29, 1.82) is 0 Å². The van der Waals surface area contributed by atoms with Crippen LogP contribution in [-0.2, 0) is 19.8 Å². The second-order valence-electron chi connectivity index (χ2n) is 11.1. The summed E-state index contributed by atoms with van der Waals surface area (Å²) in [6.45, 7) is 1.20. The Kier molecular flexibility index (Phi) is 8.14. The van der Waals surface area contributed by atoms with E-state index in [1.54, 1.807) is 36.4 Å². The molecule has 0 unspecified atom stereocenters. The largest absolute Gasteiger partial charge is 0.508 e. The molecule has 6 aromatic carbocycles. The van der Waals surface area contributed by atoms with Crippen molar-refractivity contribution in [2.24, 2.45) is 0 Å². The molecule has 0 aliphatic carbocycles. The van der Waals surface area contributed by atoms with Crippen LogP contribution in [0, 0.1) is 0 Å². The highest BCUT2D eigenvalue weighted by atomic mass is 32.2. The van der Waals surface area contributed by atoms with E-state index in [0.717, 1.165) is 45.1 Å². The highest BCUT2D eigenvalue weighted by Crippen LogP contribution is 2.63. The molecule has 0 aromatic heterocycles. The molecule has 0 fully saturated rings. The minimum Gasteiger partial charge on any atom is -0.508 e. The van der Waals surface area contributed by atoms with E-state index in [1.807, 2.05) is 60.7 Å². The molecule has 0 amide bonds. The van der Waals surface area contributed by atoms with Crippen LogP contribution in [0.4, 0.5) is 0 Å². The zero-order valence-electron chi connectivity index (χ0n) is 24.8. The van der Waals surface area contributed by atoms with Crippen molar-refractivity contribution < 1.29 is 29.5 Å². The van der Waals surface area contributed by atoms with Crippen LogP contribution in [0.15, 0.2) is 148 Å². The summed E-state index contributed by atoms with van der Waals surface area (Å²) in [6, 6.07) is 42.0. The van der Waals surface area contributed by atoms with E-state index in [9.17, 15) is 15.3 Å². The summed E-state index contributed by atoms with van der Waals surface area (Å²) in [5, 5.41) is 28.8. The van der Waals surface area contributed by atoms with Crippen molar-refractivity contribution in [3.8, 4) is 45.6 Å². The first-order chi connectivity index (χ1) is 22.5. The number of thiol groups is 1. The first-order valence-electron chi connectivity index (χ1n) is 14.9. The molecule has 0 saturated carbocycles. The number of phenolic OH excluding ortho intramolecular Hbond substituents is 3. The third kappa shape index (κ3) is 6.46. The van der Waals surface area contributed by atoms with Gasteiger partial charge in [0.1, 0.15) is 54.3 Å². The van der Waals surface area contributed by atoms with E-state index in [1.165, 1.54) is 14.7 Å². The summed E-state index contributed by atoms with van der Waals surface area (Å²) in [5.74, 6) is 3.01. The van der Waals surface area contributed by atoms with Gasteiger partial charge in [0.05, 0.1) is 0 Å². The van der Waals surface area contributed by atoms with Crippen molar-refractivity contribution in [2.45, 2.75) is 34.5 Å². The van der Waals surface area contributed by atoms with Gasteiger partial charge >= 0.3 is 0 Å². The molecule has 1 aliphatic rings. The number of hydrogen-bond donors (Lipinski definition) is 4. The SMILES string of the molecule is Oc1ccc(COc2ccc([SH]3c4ccc(OCc5ccc(O)cc5)cc4-c4cc(OCc5ccc(O)cc5)ccc43)cc2)cc1. The van der Waals surface area contributed by atoms with Gasteiger partial charge in [-0.2, -0.15) is 10.9 Å². The Morgan fingerprint density at radius 2 is 0.739 bits per heavy atom. The smallest absolute Gasteiger partial charge is 0.120 e. The normalized spacial score (nSPS) is 12.3. The van der Waals surface area contributed by atoms with Crippen molar-refractivity contribution >= 4 is 10.9 Å². The van der Waals surface area contributed by atoms with Gasteiger partial charge in [0, 0.05) is 9.79 Å². The van der Waals surface area contributed by atoms with Crippen LogP contribution < -0.4 is 14.2 Å². The Labute approximate surface area is 270 Å². The summed E-state index contributed by atoms with van der Waals surface area (Å²) in [4.78, 5) is 3.70. The lowest BCUT2D eigenvalue weighted by atomic mass is 10.1. The summed E-state index contributed by atoms with van der Waals surface area (Å²) >= 11 is 0. The number of ether oxygens (including phenoxy) is 3. The first kappa shape index (κ1) is 29.2. The van der Waals surface area contributed by atoms with Gasteiger partial charge in [-0.25, -0.2) is 0 Å². The van der Waals surface area contributed by atoms with Crippen LogP contribution in [0.1, 0.15) is 16.7 Å². The second kappa shape index (κ2) is 12.8. The molecular formula is C39H32O6S. The molecule has 3 N–H and O–H groups in total. The van der Waals surface area contributed by atoms with E-state index in [4.69, 9.17) is 14.2 Å². The third-order valence-corrected chi connectivity index (χ3v) is 10.4. The molecule has 7 rings (SSSR count). The van der Waals surface area contributed by atoms with Crippen LogP contribution in [0.5, 0.6) is 34.5 Å². The molecule has 6 nitrogen and oxygen atoms in total. The van der Waals surface area contributed by atoms with Crippen LogP contribution in [-0.4, -0.2) is 15.3 Å². The summed E-state index contributed by atoms with van der Waals surface area (Å²) in [7, 11) is -0.829. The van der Waals surface area contributed by atoms with Gasteiger partial charge < -0.3 is 29.5 Å². The minimum atomic E-state index is -0.829. The molecule has 1 aliphatic heterocycles. The Bertz CT molecular complexity index is 1860. The maximum atomic E-state index is 9.62. The molecule has 1 heterocycles. The van der Waals surface area contributed by atoms with E-state index >= 15 is 0 Å². The zero-order valence-corrected chi connectivity index (χ0v) is 25.7. The Hall–Kier alpha value is -5.53. The molecule has 0 spiro atoms. The molecule has 46 heavy (non-hydrogen) atoms. The standard InChI is InChI=1S/C39H32O6S/c40-29-7-1-26(2-8-29)23-43-32-13-17-35(18-14-32)46-38-19-15-33(44-24-27-3-9-30(41)10-4-27)21-36(38)37-22-34(16-20-39(37)46)45-25-28-5-11-31(42)12-6-28/h1-22,40-42,46H,23-25H2. The summed E-state index contributed by atoms with van der Waals surface area (Å²) in [5.41, 5.74) is 5.16. The molecule has 230 valence electrons. The number of fused-ring (bicyclic) bond motifs is 3. The number of benzene rings is 6. The highest BCUT2D eigenvalue weighted by Gasteiger charge is 2.28. The lowest BCUT2D eigenvalue weighted by molar-refractivity contribution is 0.305. The van der Waals surface area contributed by atoms with Gasteiger partial charge in [0.25, 0.3) is 0 Å². The average molecular weight is 629 g/mol. The van der Waals surface area contributed by atoms with E-state index in [2.05, 4.69) is 36.4 Å². The van der Waals surface area contributed by atoms with Crippen molar-refractivity contribution in [1.82, 2.24) is 0 Å². The zero-order chi connectivity index (χ0) is 31.5. The maximum Gasteiger partial charge on any atom is 0.120 e. The topological polar surface area (TPSA) is 88.4 Å². The molecule has 0 radical (unpaired) electrons. The minimum absolute atomic E-state index is 0.228. The fourth-order valence-corrected chi connectivity index (χ4v) is 7.97. The fourth-order valence-electron chi connectivity index (χ4n) is 5.41. The van der Waals surface area contributed by atoms with Gasteiger partial charge in [-0.1, -0.05) is 36.4 Å².